The fraction of sp³-hybridized carbons (Fsp3) is 0.750. The molecule has 0 aliphatic carbocycles. The van der Waals surface area contributed by atoms with Crippen molar-refractivity contribution in [2.75, 3.05) is 27.4 Å². The van der Waals surface area contributed by atoms with Gasteiger partial charge < -0.3 is 18.9 Å². The van der Waals surface area contributed by atoms with Crippen LogP contribution >= 0.6 is 0 Å². The average Bonchev–Trinajstić information content (AvgIpc) is 2.19. The fourth-order valence-corrected chi connectivity index (χ4v) is 0.354. The van der Waals surface area contributed by atoms with Crippen LogP contribution in [-0.4, -0.2) is 39.7 Å². The second kappa shape index (κ2) is 11.5. The van der Waals surface area contributed by atoms with Crippen LogP contribution in [0.5, 0.6) is 0 Å². The lowest BCUT2D eigenvalue weighted by Gasteiger charge is -1.94. The van der Waals surface area contributed by atoms with E-state index in [0.717, 1.165) is 0 Å². The molecule has 0 saturated carbocycles. The van der Waals surface area contributed by atoms with Gasteiger partial charge in [0.1, 0.15) is 0 Å². The lowest BCUT2D eigenvalue weighted by atomic mass is 10.9. The molecular weight excluding hydrogens is 192 g/mol. The summed E-state index contributed by atoms with van der Waals surface area (Å²) in [5.74, 6) is 0. The van der Waals surface area contributed by atoms with Crippen molar-refractivity contribution in [1.82, 2.24) is 0 Å². The van der Waals surface area contributed by atoms with Gasteiger partial charge in [0.05, 0.1) is 27.4 Å². The van der Waals surface area contributed by atoms with Crippen LogP contribution in [0.2, 0.25) is 0 Å². The summed E-state index contributed by atoms with van der Waals surface area (Å²) in [7, 11) is 2.55. The first kappa shape index (κ1) is 15.0. The number of carbonyl (C=O) groups excluding carboxylic acids is 2. The molecule has 0 aromatic carbocycles. The maximum absolute atomic E-state index is 9.97. The number of rotatable bonds is 2. The molecule has 0 atom stereocenters. The first-order chi connectivity index (χ1) is 6.62. The van der Waals surface area contributed by atoms with E-state index < -0.39 is 12.3 Å². The monoisotopic (exact) mass is 208 g/mol. The number of ether oxygens (including phenoxy) is 4. The van der Waals surface area contributed by atoms with Crippen molar-refractivity contribution >= 4 is 12.3 Å². The molecule has 0 saturated heterocycles. The van der Waals surface area contributed by atoms with Crippen molar-refractivity contribution in [2.24, 2.45) is 0 Å². The van der Waals surface area contributed by atoms with Crippen molar-refractivity contribution in [3.05, 3.63) is 0 Å². The Morgan fingerprint density at radius 1 is 0.857 bits per heavy atom. The Balaban J connectivity index is 0. The molecule has 0 spiro atoms. The summed E-state index contributed by atoms with van der Waals surface area (Å²) in [6, 6.07) is 0. The second-order valence-electron chi connectivity index (χ2n) is 1.77. The van der Waals surface area contributed by atoms with E-state index in [1.54, 1.807) is 13.8 Å². The van der Waals surface area contributed by atoms with Crippen molar-refractivity contribution in [3.63, 3.8) is 0 Å². The Kier molecular flexibility index (Phi) is 12.4. The van der Waals surface area contributed by atoms with Crippen molar-refractivity contribution < 1.29 is 28.5 Å². The van der Waals surface area contributed by atoms with E-state index in [1.807, 2.05) is 0 Å². The zero-order chi connectivity index (χ0) is 11.4. The van der Waals surface area contributed by atoms with E-state index in [-0.39, 0.29) is 0 Å². The van der Waals surface area contributed by atoms with Crippen LogP contribution in [0.1, 0.15) is 13.8 Å². The van der Waals surface area contributed by atoms with Crippen molar-refractivity contribution in [1.29, 1.82) is 0 Å². The van der Waals surface area contributed by atoms with Crippen molar-refractivity contribution in [2.45, 2.75) is 13.8 Å². The van der Waals surface area contributed by atoms with Gasteiger partial charge in [0, 0.05) is 0 Å². The summed E-state index contributed by atoms with van der Waals surface area (Å²) in [4.78, 5) is 19.9. The number of hydrogen-bond acceptors (Lipinski definition) is 6. The SMILES string of the molecule is CCOC(=O)OC.CCOC(=O)OC. The third kappa shape index (κ3) is 13.2. The molecular formula is C8H16O6. The fourth-order valence-electron chi connectivity index (χ4n) is 0.354. The Bertz CT molecular complexity index is 138. The average molecular weight is 208 g/mol. The number of carbonyl (C=O) groups is 2. The maximum atomic E-state index is 9.97. The highest BCUT2D eigenvalue weighted by Gasteiger charge is 1.93. The first-order valence-electron chi connectivity index (χ1n) is 4.03. The van der Waals surface area contributed by atoms with Gasteiger partial charge in [-0.15, -0.1) is 0 Å². The summed E-state index contributed by atoms with van der Waals surface area (Å²) in [5, 5.41) is 0. The highest BCUT2D eigenvalue weighted by Crippen LogP contribution is 1.78. The molecule has 6 nitrogen and oxygen atoms in total. The Labute approximate surface area is 83.1 Å². The van der Waals surface area contributed by atoms with Gasteiger partial charge in [-0.2, -0.15) is 0 Å². The van der Waals surface area contributed by atoms with E-state index in [1.165, 1.54) is 14.2 Å². The van der Waals surface area contributed by atoms with Gasteiger partial charge in [0.2, 0.25) is 0 Å². The summed E-state index contributed by atoms with van der Waals surface area (Å²) in [6.07, 6.45) is -1.25. The van der Waals surface area contributed by atoms with Crippen LogP contribution in [-0.2, 0) is 18.9 Å². The predicted octanol–water partition coefficient (Wildman–Crippen LogP) is 1.58. The molecule has 0 aliphatic heterocycles. The molecule has 6 heteroatoms. The molecule has 14 heavy (non-hydrogen) atoms. The molecule has 0 heterocycles. The van der Waals surface area contributed by atoms with E-state index >= 15 is 0 Å². The van der Waals surface area contributed by atoms with Gasteiger partial charge in [-0.1, -0.05) is 0 Å². The Morgan fingerprint density at radius 3 is 1.21 bits per heavy atom. The second-order valence-corrected chi connectivity index (χ2v) is 1.77. The van der Waals surface area contributed by atoms with E-state index in [9.17, 15) is 9.59 Å². The molecule has 0 N–H and O–H groups in total. The van der Waals surface area contributed by atoms with Crippen molar-refractivity contribution in [3.8, 4) is 0 Å². The number of hydrogen-bond donors (Lipinski definition) is 0. The van der Waals surface area contributed by atoms with Gasteiger partial charge >= 0.3 is 12.3 Å². The van der Waals surface area contributed by atoms with Crippen LogP contribution in [0, 0.1) is 0 Å². The summed E-state index contributed by atoms with van der Waals surface area (Å²) in [5.41, 5.74) is 0. The third-order valence-corrected chi connectivity index (χ3v) is 0.858. The molecule has 0 radical (unpaired) electrons. The van der Waals surface area contributed by atoms with E-state index in [2.05, 4.69) is 18.9 Å². The molecule has 0 aliphatic rings. The van der Waals surface area contributed by atoms with E-state index in [4.69, 9.17) is 0 Å². The summed E-state index contributed by atoms with van der Waals surface area (Å²) >= 11 is 0. The van der Waals surface area contributed by atoms with Crippen LogP contribution in [0.4, 0.5) is 9.59 Å². The maximum Gasteiger partial charge on any atom is 0.507 e. The largest absolute Gasteiger partial charge is 0.507 e. The molecule has 0 fully saturated rings. The third-order valence-electron chi connectivity index (χ3n) is 0.858. The zero-order valence-electron chi connectivity index (χ0n) is 8.86. The quantitative estimate of drug-likeness (QED) is 0.641. The Hall–Kier alpha value is -1.46. The normalized spacial score (nSPS) is 7.71. The van der Waals surface area contributed by atoms with Gasteiger partial charge in [0.25, 0.3) is 0 Å². The molecule has 0 rings (SSSR count). The molecule has 0 bridgehead atoms. The topological polar surface area (TPSA) is 71.1 Å². The van der Waals surface area contributed by atoms with Gasteiger partial charge in [-0.3, -0.25) is 0 Å². The standard InChI is InChI=1S/2C4H8O3/c2*1-3-7-4(5)6-2/h2*3H2,1-2H3. The minimum Gasteiger partial charge on any atom is -0.438 e. The van der Waals surface area contributed by atoms with Gasteiger partial charge in [-0.05, 0) is 13.8 Å². The first-order valence-corrected chi connectivity index (χ1v) is 4.03. The highest BCUT2D eigenvalue weighted by molar-refractivity contribution is 5.59. The molecule has 0 aromatic heterocycles. The lowest BCUT2D eigenvalue weighted by Crippen LogP contribution is -2.02. The molecule has 84 valence electrons. The van der Waals surface area contributed by atoms with Gasteiger partial charge in [-0.25, -0.2) is 9.59 Å². The minimum atomic E-state index is -0.623. The van der Waals surface area contributed by atoms with Gasteiger partial charge in [0.15, 0.2) is 0 Å². The smallest absolute Gasteiger partial charge is 0.438 e. The summed E-state index contributed by atoms with van der Waals surface area (Å²) < 4.78 is 16.9. The van der Waals surface area contributed by atoms with E-state index in [0.29, 0.717) is 13.2 Å². The Morgan fingerprint density at radius 2 is 1.14 bits per heavy atom. The van der Waals surface area contributed by atoms with Crippen LogP contribution in [0.3, 0.4) is 0 Å². The number of methoxy groups -OCH3 is 2. The van der Waals surface area contributed by atoms with Crippen LogP contribution in [0.15, 0.2) is 0 Å². The van der Waals surface area contributed by atoms with Crippen LogP contribution < -0.4 is 0 Å². The van der Waals surface area contributed by atoms with Crippen LogP contribution in [0.25, 0.3) is 0 Å². The lowest BCUT2D eigenvalue weighted by molar-refractivity contribution is 0.0761. The molecule has 0 amide bonds. The minimum absolute atomic E-state index is 0.368. The molecule has 0 unspecified atom stereocenters. The predicted molar refractivity (Wildman–Crippen MR) is 48.1 cm³/mol. The highest BCUT2D eigenvalue weighted by atomic mass is 16.7. The summed E-state index contributed by atoms with van der Waals surface area (Å²) in [6.45, 7) is 4.17. The zero-order valence-corrected chi connectivity index (χ0v) is 8.86. The molecule has 0 aromatic rings.